The SMILES string of the molecule is CC/C=C\C/C=C\C/C=C\C/C=C\C/C=C\CC(=O)OCC(COP(=O)(O)OCC(CO)OC(=O)CCCCCCCCCCC/C=C\C/C=C\CCCCC)OC(=O)CCCCCCCC/C=C\C/C=C\C/C=C\CCCCC. The van der Waals surface area contributed by atoms with Crippen LogP contribution in [0.5, 0.6) is 0 Å². The van der Waals surface area contributed by atoms with E-state index in [-0.39, 0.29) is 19.3 Å². The smallest absolute Gasteiger partial charge is 0.461 e. The molecule has 0 aliphatic heterocycles. The summed E-state index contributed by atoms with van der Waals surface area (Å²) in [6.45, 7) is 4.36. The zero-order valence-corrected chi connectivity index (χ0v) is 51.4. The van der Waals surface area contributed by atoms with Gasteiger partial charge in [-0.25, -0.2) is 4.57 Å². The predicted molar refractivity (Wildman–Crippen MR) is 334 cm³/mol. The Balaban J connectivity index is 4.79. The largest absolute Gasteiger partial charge is 0.472 e. The van der Waals surface area contributed by atoms with Crippen molar-refractivity contribution in [2.75, 3.05) is 26.4 Å². The van der Waals surface area contributed by atoms with Crippen LogP contribution in [-0.2, 0) is 42.2 Å². The molecular weight excluding hydrogens is 1020 g/mol. The second-order valence-corrected chi connectivity index (χ2v) is 22.0. The third-order valence-corrected chi connectivity index (χ3v) is 13.8. The maximum absolute atomic E-state index is 12.9. The molecule has 3 atom stereocenters. The summed E-state index contributed by atoms with van der Waals surface area (Å²) in [5.41, 5.74) is 0. The Morgan fingerprint density at radius 3 is 1.06 bits per heavy atom. The summed E-state index contributed by atoms with van der Waals surface area (Å²) in [5, 5.41) is 9.85. The standard InChI is InChI=1S/C68H113O11P/c1-4-7-10-13-16-19-22-25-28-30-32-34-37-40-43-46-49-52-55-58-67(71)78-64(60-69)62-76-80(73,74)77-63-65(61-75-66(70)57-54-51-48-45-42-39-36-27-24-21-18-15-12-9-6-3)79-68(72)59-56-53-50-47-44-41-38-35-33-31-29-26-23-20-17-14-11-8-5-2/h9,12,16-21,25-29,33,35-36,42,45,51,54,64-65,69H,4-8,10-11,13-15,22-24,30-32,34,37-41,43-44,46-50,52-53,55-63H2,1-3H3,(H,73,74)/b12-9-,19-16-,20-17-,21-18-,28-25-,29-26-,35-33-,36-27-,45-42-,54-51-. The van der Waals surface area contributed by atoms with Crippen molar-refractivity contribution in [2.45, 2.75) is 264 Å². The summed E-state index contributed by atoms with van der Waals surface area (Å²) < 4.78 is 39.5. The van der Waals surface area contributed by atoms with Gasteiger partial charge in [-0.2, -0.15) is 0 Å². The number of allylic oxidation sites excluding steroid dienone is 19. The van der Waals surface area contributed by atoms with Gasteiger partial charge in [-0.15, -0.1) is 0 Å². The van der Waals surface area contributed by atoms with Gasteiger partial charge in [0.05, 0.1) is 26.2 Å². The van der Waals surface area contributed by atoms with Crippen LogP contribution in [0.4, 0.5) is 0 Å². The molecule has 0 amide bonds. The van der Waals surface area contributed by atoms with Crippen LogP contribution in [-0.4, -0.2) is 66.5 Å². The number of aliphatic hydroxyl groups excluding tert-OH is 1. The maximum Gasteiger partial charge on any atom is 0.472 e. The number of phosphoric ester groups is 1. The second kappa shape index (κ2) is 61.0. The minimum absolute atomic E-state index is 0.0142. The third kappa shape index (κ3) is 58.5. The summed E-state index contributed by atoms with van der Waals surface area (Å²) in [7, 11) is -4.78. The van der Waals surface area contributed by atoms with Crippen LogP contribution in [0.15, 0.2) is 122 Å². The van der Waals surface area contributed by atoms with Crippen molar-refractivity contribution in [3.8, 4) is 0 Å². The van der Waals surface area contributed by atoms with E-state index in [9.17, 15) is 28.9 Å². The molecule has 2 N–H and O–H groups in total. The molecule has 0 heterocycles. The number of aliphatic hydroxyl groups is 1. The summed E-state index contributed by atoms with van der Waals surface area (Å²) in [5.74, 6) is -1.64. The van der Waals surface area contributed by atoms with Crippen molar-refractivity contribution >= 4 is 25.7 Å². The molecule has 0 aliphatic carbocycles. The number of hydrogen-bond donors (Lipinski definition) is 2. The van der Waals surface area contributed by atoms with Gasteiger partial charge in [0.1, 0.15) is 12.7 Å². The summed E-state index contributed by atoms with van der Waals surface area (Å²) in [6.07, 6.45) is 76.0. The molecular formula is C68H113O11P. The number of esters is 3. The quantitative estimate of drug-likeness (QED) is 0.0197. The van der Waals surface area contributed by atoms with E-state index in [1.807, 2.05) is 12.2 Å². The second-order valence-electron chi connectivity index (χ2n) is 20.5. The van der Waals surface area contributed by atoms with E-state index in [1.54, 1.807) is 6.08 Å². The molecule has 0 radical (unpaired) electrons. The normalized spacial score (nSPS) is 14.1. The van der Waals surface area contributed by atoms with Crippen molar-refractivity contribution < 1.29 is 52.2 Å². The average molecular weight is 1140 g/mol. The summed E-state index contributed by atoms with van der Waals surface area (Å²) >= 11 is 0. The fourth-order valence-electron chi connectivity index (χ4n) is 8.11. The van der Waals surface area contributed by atoms with Gasteiger partial charge in [-0.1, -0.05) is 239 Å². The zero-order valence-electron chi connectivity index (χ0n) is 50.5. The van der Waals surface area contributed by atoms with Crippen LogP contribution < -0.4 is 0 Å². The Labute approximate surface area is 487 Å². The van der Waals surface area contributed by atoms with Gasteiger partial charge >= 0.3 is 25.7 Å². The average Bonchev–Trinajstić information content (AvgIpc) is 3.45. The van der Waals surface area contributed by atoms with Gasteiger partial charge in [-0.05, 0) is 116 Å². The van der Waals surface area contributed by atoms with Gasteiger partial charge in [0.25, 0.3) is 0 Å². The van der Waals surface area contributed by atoms with Crippen LogP contribution in [0.25, 0.3) is 0 Å². The van der Waals surface area contributed by atoms with E-state index < -0.39 is 64.4 Å². The lowest BCUT2D eigenvalue weighted by Crippen LogP contribution is -2.30. The van der Waals surface area contributed by atoms with Crippen LogP contribution in [0.3, 0.4) is 0 Å². The lowest BCUT2D eigenvalue weighted by Gasteiger charge is -2.21. The Hall–Kier alpha value is -4.12. The Morgan fingerprint density at radius 1 is 0.375 bits per heavy atom. The Morgan fingerprint density at radius 2 is 0.688 bits per heavy atom. The topological polar surface area (TPSA) is 155 Å². The fraction of sp³-hybridized carbons (Fsp3) is 0.662. The first-order chi connectivity index (χ1) is 39.2. The lowest BCUT2D eigenvalue weighted by atomic mass is 10.1. The van der Waals surface area contributed by atoms with E-state index in [0.717, 1.165) is 109 Å². The molecule has 0 aromatic rings. The fourth-order valence-corrected chi connectivity index (χ4v) is 8.90. The number of unbranched alkanes of at least 4 members (excludes halogenated alkanes) is 21. The zero-order chi connectivity index (χ0) is 58.3. The number of hydrogen-bond acceptors (Lipinski definition) is 10. The van der Waals surface area contributed by atoms with Gasteiger partial charge in [0.2, 0.25) is 0 Å². The van der Waals surface area contributed by atoms with Gasteiger partial charge in [-0.3, -0.25) is 23.4 Å². The van der Waals surface area contributed by atoms with E-state index in [0.29, 0.717) is 19.3 Å². The van der Waals surface area contributed by atoms with Crippen molar-refractivity contribution in [1.29, 1.82) is 0 Å². The Bertz CT molecular complexity index is 1800. The van der Waals surface area contributed by atoms with Gasteiger partial charge < -0.3 is 24.2 Å². The first-order valence-corrected chi connectivity index (χ1v) is 32.9. The molecule has 0 aliphatic rings. The number of phosphoric acid groups is 1. The van der Waals surface area contributed by atoms with Crippen LogP contribution >= 0.6 is 7.82 Å². The first kappa shape index (κ1) is 75.9. The van der Waals surface area contributed by atoms with Crippen molar-refractivity contribution in [1.82, 2.24) is 0 Å². The van der Waals surface area contributed by atoms with E-state index in [2.05, 4.69) is 124 Å². The predicted octanol–water partition coefficient (Wildman–Crippen LogP) is 19.1. The molecule has 0 aromatic carbocycles. The van der Waals surface area contributed by atoms with Crippen LogP contribution in [0.2, 0.25) is 0 Å². The van der Waals surface area contributed by atoms with E-state index in [1.165, 1.54) is 83.5 Å². The molecule has 0 saturated heterocycles. The Kier molecular flexibility index (Phi) is 57.8. The van der Waals surface area contributed by atoms with Crippen molar-refractivity contribution in [3.05, 3.63) is 122 Å². The van der Waals surface area contributed by atoms with E-state index in [4.69, 9.17) is 23.3 Å². The molecule has 0 fully saturated rings. The highest BCUT2D eigenvalue weighted by Crippen LogP contribution is 2.43. The van der Waals surface area contributed by atoms with Gasteiger partial charge in [0, 0.05) is 12.8 Å². The van der Waals surface area contributed by atoms with Crippen LogP contribution in [0.1, 0.15) is 252 Å². The van der Waals surface area contributed by atoms with Gasteiger partial charge in [0.15, 0.2) is 6.10 Å². The molecule has 3 unspecified atom stereocenters. The van der Waals surface area contributed by atoms with Crippen molar-refractivity contribution in [2.24, 2.45) is 0 Å². The molecule has 0 aromatic heterocycles. The third-order valence-electron chi connectivity index (χ3n) is 12.9. The molecule has 0 bridgehead atoms. The molecule has 11 nitrogen and oxygen atoms in total. The highest BCUT2D eigenvalue weighted by Gasteiger charge is 2.28. The highest BCUT2D eigenvalue weighted by atomic mass is 31.2. The molecule has 0 rings (SSSR count). The minimum Gasteiger partial charge on any atom is -0.461 e. The monoisotopic (exact) mass is 1140 g/mol. The molecule has 456 valence electrons. The van der Waals surface area contributed by atoms with E-state index >= 15 is 0 Å². The highest BCUT2D eigenvalue weighted by molar-refractivity contribution is 7.47. The molecule has 0 saturated carbocycles. The maximum atomic E-state index is 12.9. The number of carbonyl (C=O) groups is 3. The summed E-state index contributed by atoms with van der Waals surface area (Å²) in [6, 6.07) is 0. The lowest BCUT2D eigenvalue weighted by molar-refractivity contribution is -0.161. The first-order valence-electron chi connectivity index (χ1n) is 31.4. The number of ether oxygens (including phenoxy) is 3. The number of rotatable bonds is 57. The molecule has 80 heavy (non-hydrogen) atoms. The number of carbonyl (C=O) groups excluding carboxylic acids is 3. The molecule has 0 spiro atoms. The minimum atomic E-state index is -4.78. The summed E-state index contributed by atoms with van der Waals surface area (Å²) in [4.78, 5) is 48.6. The van der Waals surface area contributed by atoms with Crippen molar-refractivity contribution in [3.63, 3.8) is 0 Å². The molecule has 12 heteroatoms. The van der Waals surface area contributed by atoms with Crippen LogP contribution in [0, 0.1) is 0 Å².